The van der Waals surface area contributed by atoms with Crippen LogP contribution in [0.1, 0.15) is 15.9 Å². The van der Waals surface area contributed by atoms with Crippen LogP contribution in [-0.4, -0.2) is 19.2 Å². The van der Waals surface area contributed by atoms with Gasteiger partial charge in [0.1, 0.15) is 36.9 Å². The topological polar surface area (TPSA) is 54.0 Å². The Balaban J connectivity index is 1.48. The molecule has 6 heteroatoms. The van der Waals surface area contributed by atoms with Crippen molar-refractivity contribution >= 4 is 17.6 Å². The number of hydrogen-bond donors (Lipinski definition) is 0. The van der Waals surface area contributed by atoms with Crippen molar-refractivity contribution in [3.8, 4) is 23.0 Å². The number of carbonyl (C=O) groups is 1. The highest BCUT2D eigenvalue weighted by Crippen LogP contribution is 2.38. The maximum absolute atomic E-state index is 12.6. The molecular weight excluding hydrogens is 380 g/mol. The average molecular weight is 397 g/mol. The molecule has 3 aromatic rings. The van der Waals surface area contributed by atoms with Crippen LogP contribution in [0.3, 0.4) is 0 Å². The van der Waals surface area contributed by atoms with Gasteiger partial charge in [-0.15, -0.1) is 0 Å². The minimum absolute atomic E-state index is 0.0505. The maximum atomic E-state index is 12.6. The van der Waals surface area contributed by atoms with Crippen molar-refractivity contribution in [3.05, 3.63) is 82.9 Å². The third kappa shape index (κ3) is 4.05. The minimum Gasteiger partial charge on any atom is -0.486 e. The monoisotopic (exact) mass is 396 g/mol. The Labute approximate surface area is 167 Å². The molecule has 1 heterocycles. The van der Waals surface area contributed by atoms with E-state index >= 15 is 0 Å². The Bertz CT molecular complexity index is 987. The molecule has 28 heavy (non-hydrogen) atoms. The van der Waals surface area contributed by atoms with Gasteiger partial charge in [-0.3, -0.25) is 0 Å². The smallest absolute Gasteiger partial charge is 0.342 e. The van der Waals surface area contributed by atoms with Gasteiger partial charge in [0.15, 0.2) is 11.5 Å². The molecule has 0 bridgehead atoms. The molecule has 0 atom stereocenters. The number of ether oxygens (including phenoxy) is 4. The molecule has 1 aliphatic heterocycles. The van der Waals surface area contributed by atoms with Crippen LogP contribution in [0, 0.1) is 0 Å². The zero-order chi connectivity index (χ0) is 19.3. The summed E-state index contributed by atoms with van der Waals surface area (Å²) in [7, 11) is 0. The van der Waals surface area contributed by atoms with Crippen LogP contribution in [0.5, 0.6) is 23.0 Å². The number of fused-ring (bicyclic) bond motifs is 1. The van der Waals surface area contributed by atoms with Crippen LogP contribution in [0.4, 0.5) is 0 Å². The number of benzene rings is 3. The third-order valence-corrected chi connectivity index (χ3v) is 4.39. The molecule has 0 aromatic heterocycles. The maximum Gasteiger partial charge on any atom is 0.342 e. The Hall–Kier alpha value is -3.18. The van der Waals surface area contributed by atoms with E-state index in [2.05, 4.69) is 0 Å². The second-order valence-corrected chi connectivity index (χ2v) is 6.50. The summed E-state index contributed by atoms with van der Waals surface area (Å²) in [5, 5.41) is 0.427. The van der Waals surface area contributed by atoms with Gasteiger partial charge < -0.3 is 18.9 Å². The predicted molar refractivity (Wildman–Crippen MR) is 105 cm³/mol. The van der Waals surface area contributed by atoms with E-state index in [1.165, 1.54) is 0 Å². The lowest BCUT2D eigenvalue weighted by Crippen LogP contribution is -2.16. The van der Waals surface area contributed by atoms with Crippen LogP contribution in [0.25, 0.3) is 0 Å². The van der Waals surface area contributed by atoms with Crippen molar-refractivity contribution in [1.29, 1.82) is 0 Å². The first-order valence-corrected chi connectivity index (χ1v) is 9.15. The van der Waals surface area contributed by atoms with Crippen LogP contribution in [0.15, 0.2) is 66.7 Å². The molecule has 0 unspecified atom stereocenters. The number of hydrogen-bond acceptors (Lipinski definition) is 5. The molecular formula is C22H17ClO5. The molecule has 0 aliphatic carbocycles. The summed E-state index contributed by atoms with van der Waals surface area (Å²) >= 11 is 6.23. The fraction of sp³-hybridized carbons (Fsp3) is 0.136. The number of rotatable bonds is 5. The minimum atomic E-state index is -0.488. The molecule has 4 rings (SSSR count). The van der Waals surface area contributed by atoms with Gasteiger partial charge in [0.25, 0.3) is 0 Å². The van der Waals surface area contributed by atoms with Gasteiger partial charge in [0.05, 0.1) is 5.02 Å². The lowest BCUT2D eigenvalue weighted by molar-refractivity contribution is 0.0469. The Morgan fingerprint density at radius 2 is 1.71 bits per heavy atom. The van der Waals surface area contributed by atoms with E-state index in [9.17, 15) is 4.79 Å². The summed E-state index contributed by atoms with van der Waals surface area (Å²) in [6, 6.07) is 19.7. The van der Waals surface area contributed by atoms with E-state index < -0.39 is 5.97 Å². The first kappa shape index (κ1) is 18.2. The summed E-state index contributed by atoms with van der Waals surface area (Å²) in [6.07, 6.45) is 0. The molecule has 0 radical (unpaired) electrons. The molecule has 0 saturated carbocycles. The van der Waals surface area contributed by atoms with E-state index in [0.717, 1.165) is 0 Å². The number of para-hydroxylation sites is 2. The van der Waals surface area contributed by atoms with Crippen molar-refractivity contribution in [2.24, 2.45) is 0 Å². The molecule has 0 N–H and O–H groups in total. The first-order chi connectivity index (χ1) is 13.7. The van der Waals surface area contributed by atoms with E-state index in [1.54, 1.807) is 36.4 Å². The molecule has 5 nitrogen and oxygen atoms in total. The van der Waals surface area contributed by atoms with Gasteiger partial charge in [-0.25, -0.2) is 4.79 Å². The second-order valence-electron chi connectivity index (χ2n) is 6.09. The van der Waals surface area contributed by atoms with Gasteiger partial charge in [0.2, 0.25) is 0 Å². The lowest BCUT2D eigenvalue weighted by atomic mass is 10.2. The molecule has 0 amide bonds. The van der Waals surface area contributed by atoms with Crippen molar-refractivity contribution in [1.82, 2.24) is 0 Å². The zero-order valence-corrected chi connectivity index (χ0v) is 15.6. The standard InChI is InChI=1S/C22H17ClO5/c23-18-12-15(13-20-21(18)26-11-10-25-20)14-27-22(24)17-8-4-5-9-19(17)28-16-6-2-1-3-7-16/h1-9,12-13H,10-11,14H2. The third-order valence-electron chi connectivity index (χ3n) is 4.10. The summed E-state index contributed by atoms with van der Waals surface area (Å²) in [5.74, 6) is 1.65. The van der Waals surface area contributed by atoms with Gasteiger partial charge in [-0.05, 0) is 42.0 Å². The summed E-state index contributed by atoms with van der Waals surface area (Å²) in [4.78, 5) is 12.6. The molecule has 1 aliphatic rings. The highest BCUT2D eigenvalue weighted by Gasteiger charge is 2.18. The molecule has 0 saturated heterocycles. The fourth-order valence-corrected chi connectivity index (χ4v) is 3.10. The van der Waals surface area contributed by atoms with Crippen molar-refractivity contribution in [2.75, 3.05) is 13.2 Å². The lowest BCUT2D eigenvalue weighted by Gasteiger charge is -2.20. The normalized spacial score (nSPS) is 12.3. The van der Waals surface area contributed by atoms with Gasteiger partial charge in [-0.1, -0.05) is 41.9 Å². The van der Waals surface area contributed by atoms with Crippen LogP contribution < -0.4 is 14.2 Å². The van der Waals surface area contributed by atoms with E-state index in [0.29, 0.717) is 52.4 Å². The van der Waals surface area contributed by atoms with Crippen LogP contribution in [-0.2, 0) is 11.3 Å². The van der Waals surface area contributed by atoms with Crippen molar-refractivity contribution in [2.45, 2.75) is 6.61 Å². The number of halogens is 1. The Morgan fingerprint density at radius 1 is 0.964 bits per heavy atom. The van der Waals surface area contributed by atoms with Crippen molar-refractivity contribution in [3.63, 3.8) is 0 Å². The van der Waals surface area contributed by atoms with Gasteiger partial charge >= 0.3 is 5.97 Å². The summed E-state index contributed by atoms with van der Waals surface area (Å²) in [5.41, 5.74) is 1.05. The van der Waals surface area contributed by atoms with E-state index in [4.69, 9.17) is 30.5 Å². The largest absolute Gasteiger partial charge is 0.486 e. The predicted octanol–water partition coefficient (Wildman–Crippen LogP) is 5.26. The highest BCUT2D eigenvalue weighted by atomic mass is 35.5. The average Bonchev–Trinajstić information content (AvgIpc) is 2.73. The van der Waals surface area contributed by atoms with Gasteiger partial charge in [0, 0.05) is 0 Å². The van der Waals surface area contributed by atoms with Crippen LogP contribution in [0.2, 0.25) is 5.02 Å². The second kappa shape index (κ2) is 8.23. The SMILES string of the molecule is O=C(OCc1cc(Cl)c2c(c1)OCCO2)c1ccccc1Oc1ccccc1. The molecule has 0 spiro atoms. The van der Waals surface area contributed by atoms with E-state index in [1.807, 2.05) is 30.3 Å². The first-order valence-electron chi connectivity index (χ1n) is 8.78. The van der Waals surface area contributed by atoms with Gasteiger partial charge in [-0.2, -0.15) is 0 Å². The number of esters is 1. The van der Waals surface area contributed by atoms with Crippen LogP contribution >= 0.6 is 11.6 Å². The molecule has 142 valence electrons. The summed E-state index contributed by atoms with van der Waals surface area (Å²) < 4.78 is 22.3. The van der Waals surface area contributed by atoms with Crippen molar-refractivity contribution < 1.29 is 23.7 Å². The Morgan fingerprint density at radius 3 is 2.57 bits per heavy atom. The van der Waals surface area contributed by atoms with E-state index in [-0.39, 0.29) is 6.61 Å². The molecule has 0 fully saturated rings. The Kier molecular flexibility index (Phi) is 5.35. The summed E-state index contributed by atoms with van der Waals surface area (Å²) in [6.45, 7) is 0.963. The number of carbonyl (C=O) groups excluding carboxylic acids is 1. The quantitative estimate of drug-likeness (QED) is 0.550. The zero-order valence-electron chi connectivity index (χ0n) is 14.9. The highest BCUT2D eigenvalue weighted by molar-refractivity contribution is 6.32. The molecule has 3 aromatic carbocycles. The fourth-order valence-electron chi connectivity index (χ4n) is 2.81.